The predicted molar refractivity (Wildman–Crippen MR) is 180 cm³/mol. The topological polar surface area (TPSA) is 18.5 Å². The van der Waals surface area contributed by atoms with Crippen molar-refractivity contribution in [3.8, 4) is 33.8 Å². The molecule has 0 fully saturated rings. The summed E-state index contributed by atoms with van der Waals surface area (Å²) in [7, 11) is 20.2. The van der Waals surface area contributed by atoms with Crippen molar-refractivity contribution in [2.75, 3.05) is 14.2 Å². The standard InChI is InChI=1S/2C17H15O.C2H7Si.2ClH.Zr/c2*1-12-10-14-4-3-5-16(17(14)11-12)13-6-8-15(18-2)9-7-13;1-3-2;;;/h2*3-11H,1-2H3;3H,1-2H3;2*1H;/q;;;;;+2/p-2. The quantitative estimate of drug-likeness (QED) is 0.180. The van der Waals surface area contributed by atoms with Crippen LogP contribution in [-0.2, 0) is 15.6 Å². The van der Waals surface area contributed by atoms with E-state index in [1.54, 1.807) is 14.2 Å². The number of hydrogen-bond donors (Lipinski definition) is 0. The summed E-state index contributed by atoms with van der Waals surface area (Å²) in [5, 5.41) is 0. The van der Waals surface area contributed by atoms with Gasteiger partial charge in [0.2, 0.25) is 0 Å². The average molecular weight is 692 g/mol. The Morgan fingerprint density at radius 1 is 0.595 bits per heavy atom. The third kappa shape index (κ3) is 4.53. The second-order valence-electron chi connectivity index (χ2n) is 12.1. The molecule has 0 saturated carbocycles. The number of methoxy groups -OCH3 is 2. The normalized spacial score (nSPS) is 18.5. The second-order valence-corrected chi connectivity index (χ2v) is 54.6. The van der Waals surface area contributed by atoms with E-state index in [-0.39, 0.29) is 7.25 Å². The maximum atomic E-state index is 8.39. The summed E-state index contributed by atoms with van der Waals surface area (Å²) < 4.78 is 11.0. The van der Waals surface area contributed by atoms with E-state index >= 15 is 0 Å². The van der Waals surface area contributed by atoms with E-state index in [1.807, 2.05) is 24.3 Å². The molecule has 2 atom stereocenters. The first kappa shape index (κ1) is 29.7. The Morgan fingerprint density at radius 2 is 0.976 bits per heavy atom. The van der Waals surface area contributed by atoms with Gasteiger partial charge < -0.3 is 0 Å². The number of halogens is 2. The summed E-state index contributed by atoms with van der Waals surface area (Å²) in [6.45, 7) is 9.28. The van der Waals surface area contributed by atoms with Crippen LogP contribution in [0.4, 0.5) is 0 Å². The van der Waals surface area contributed by atoms with Gasteiger partial charge in [-0.1, -0.05) is 0 Å². The maximum absolute atomic E-state index is 8.39. The number of ether oxygens (including phenoxy) is 2. The van der Waals surface area contributed by atoms with Crippen molar-refractivity contribution in [2.45, 2.75) is 34.2 Å². The van der Waals surface area contributed by atoms with E-state index < -0.39 is 21.5 Å². The number of fused-ring (bicyclic) bond motifs is 2. The van der Waals surface area contributed by atoms with E-state index in [0.29, 0.717) is 0 Å². The molecule has 4 aromatic rings. The zero-order chi connectivity index (χ0) is 29.8. The molecule has 0 bridgehead atoms. The average Bonchev–Trinajstić information content (AvgIpc) is 3.53. The van der Waals surface area contributed by atoms with Gasteiger partial charge in [-0.05, 0) is 0 Å². The Labute approximate surface area is 258 Å². The summed E-state index contributed by atoms with van der Waals surface area (Å²) in [5.74, 6) is 0.119. The molecular formula is C36H37Cl2O2SiZr. The summed E-state index contributed by atoms with van der Waals surface area (Å²) in [6, 6.07) is 30.0. The van der Waals surface area contributed by atoms with Gasteiger partial charge in [0.1, 0.15) is 0 Å². The first-order valence-corrected chi connectivity index (χ1v) is 30.9. The predicted octanol–water partition coefficient (Wildman–Crippen LogP) is 10.6. The minimum absolute atomic E-state index is 0.0681. The monoisotopic (exact) mass is 689 g/mol. The molecule has 0 aliphatic heterocycles. The molecule has 0 heterocycles. The summed E-state index contributed by atoms with van der Waals surface area (Å²) in [6.07, 6.45) is 4.72. The molecule has 42 heavy (non-hydrogen) atoms. The third-order valence-corrected chi connectivity index (χ3v) is 61.8. The van der Waals surface area contributed by atoms with Gasteiger partial charge in [-0.3, -0.25) is 0 Å². The molecule has 215 valence electrons. The van der Waals surface area contributed by atoms with Gasteiger partial charge in [0, 0.05) is 0 Å². The van der Waals surface area contributed by atoms with Crippen LogP contribution in [0.1, 0.15) is 43.4 Å². The van der Waals surface area contributed by atoms with E-state index in [2.05, 4.69) is 99.8 Å². The molecule has 6 rings (SSSR count). The SMILES string of the molecule is COc1ccc(-c2cccc3c2C=C(C)[CH]3[Zr]([Cl])([Cl])([CH]2C(C)=Cc3c(-c4ccc(OC)cc4)cccc32)[SiH](C)C)cc1. The van der Waals surface area contributed by atoms with Crippen LogP contribution in [0, 0.1) is 0 Å². The molecule has 0 spiro atoms. The summed E-state index contributed by atoms with van der Waals surface area (Å²) in [5.41, 5.74) is 12.5. The molecule has 2 nitrogen and oxygen atoms in total. The fourth-order valence-corrected chi connectivity index (χ4v) is 40.4. The number of rotatable bonds is 7. The Hall–Kier alpha value is -2.36. The van der Waals surface area contributed by atoms with Crippen molar-refractivity contribution in [2.24, 2.45) is 0 Å². The van der Waals surface area contributed by atoms with Gasteiger partial charge in [-0.15, -0.1) is 0 Å². The third-order valence-electron chi connectivity index (χ3n) is 9.56. The van der Waals surface area contributed by atoms with Gasteiger partial charge in [-0.25, -0.2) is 0 Å². The number of allylic oxidation sites excluding steroid dienone is 2. The molecule has 6 heteroatoms. The molecule has 0 amide bonds. The number of benzene rings is 4. The molecule has 0 aromatic heterocycles. The van der Waals surface area contributed by atoms with Crippen LogP contribution in [0.2, 0.25) is 13.1 Å². The van der Waals surface area contributed by atoms with Gasteiger partial charge >= 0.3 is 261 Å². The second kappa shape index (κ2) is 11.0. The minimum atomic E-state index is -4.71. The van der Waals surface area contributed by atoms with Crippen molar-refractivity contribution in [1.29, 1.82) is 0 Å². The summed E-state index contributed by atoms with van der Waals surface area (Å²) in [4.78, 5) is 0. The van der Waals surface area contributed by atoms with Crippen molar-refractivity contribution in [3.05, 3.63) is 118 Å². The van der Waals surface area contributed by atoms with E-state index in [1.165, 1.54) is 55.7 Å². The molecular weight excluding hydrogens is 655 g/mol. The molecule has 4 aromatic carbocycles. The Bertz CT molecular complexity index is 1620. The molecule has 2 aliphatic carbocycles. The number of hydrogen-bond acceptors (Lipinski definition) is 2. The molecule has 2 aliphatic rings. The van der Waals surface area contributed by atoms with E-state index in [9.17, 15) is 0 Å². The van der Waals surface area contributed by atoms with Gasteiger partial charge in [0.15, 0.2) is 0 Å². The van der Waals surface area contributed by atoms with E-state index in [0.717, 1.165) is 11.5 Å². The molecule has 2 unspecified atom stereocenters. The molecule has 0 radical (unpaired) electrons. The van der Waals surface area contributed by atoms with Crippen LogP contribution < -0.4 is 9.47 Å². The first-order chi connectivity index (χ1) is 20.1. The molecule has 0 N–H and O–H groups in total. The van der Waals surface area contributed by atoms with Crippen molar-refractivity contribution >= 4 is 35.1 Å². The van der Waals surface area contributed by atoms with Crippen LogP contribution in [-0.4, -0.2) is 20.1 Å². The van der Waals surface area contributed by atoms with Crippen LogP contribution in [0.25, 0.3) is 34.4 Å². The van der Waals surface area contributed by atoms with Gasteiger partial charge in [-0.2, -0.15) is 0 Å². The van der Waals surface area contributed by atoms with Gasteiger partial charge in [0.05, 0.1) is 0 Å². The molecule has 0 saturated heterocycles. The fraction of sp³-hybridized carbons (Fsp3) is 0.222. The Morgan fingerprint density at radius 3 is 1.31 bits per heavy atom. The van der Waals surface area contributed by atoms with Crippen LogP contribution in [0.3, 0.4) is 0 Å². The van der Waals surface area contributed by atoms with Crippen LogP contribution in [0.15, 0.2) is 96.1 Å². The van der Waals surface area contributed by atoms with Crippen molar-refractivity contribution in [1.82, 2.24) is 0 Å². The van der Waals surface area contributed by atoms with Crippen LogP contribution in [0.5, 0.6) is 11.5 Å². The van der Waals surface area contributed by atoms with Gasteiger partial charge in [0.25, 0.3) is 0 Å². The van der Waals surface area contributed by atoms with Crippen molar-refractivity contribution in [3.63, 3.8) is 0 Å². The Balaban J connectivity index is 1.50. The zero-order valence-corrected chi connectivity index (χ0v) is 30.2. The zero-order valence-electron chi connectivity index (χ0n) is 25.0. The fourth-order valence-electron chi connectivity index (χ4n) is 7.45. The van der Waals surface area contributed by atoms with E-state index in [4.69, 9.17) is 26.5 Å². The van der Waals surface area contributed by atoms with Crippen LogP contribution >= 0.6 is 17.0 Å². The Kier molecular flexibility index (Phi) is 7.76. The summed E-state index contributed by atoms with van der Waals surface area (Å²) >= 11 is -4.71. The van der Waals surface area contributed by atoms with Crippen molar-refractivity contribution < 1.29 is 25.0 Å². The first-order valence-electron chi connectivity index (χ1n) is 14.6.